The number of phenolic OH excluding ortho intramolecular Hbond substituents is 1. The van der Waals surface area contributed by atoms with Gasteiger partial charge in [0.2, 0.25) is 0 Å². The van der Waals surface area contributed by atoms with Crippen LogP contribution in [-0.4, -0.2) is 56.2 Å². The lowest BCUT2D eigenvalue weighted by Crippen LogP contribution is -2.45. The van der Waals surface area contributed by atoms with Gasteiger partial charge in [0.05, 0.1) is 38.2 Å². The van der Waals surface area contributed by atoms with Gasteiger partial charge in [0, 0.05) is 5.70 Å². The fourth-order valence-electron chi connectivity index (χ4n) is 3.64. The lowest BCUT2D eigenvalue weighted by Gasteiger charge is -2.28. The highest BCUT2D eigenvalue weighted by Gasteiger charge is 2.32. The number of phenols is 1. The molecular formula is C26H30N4O8. The van der Waals surface area contributed by atoms with Crippen LogP contribution in [0.15, 0.2) is 52.8 Å². The summed E-state index contributed by atoms with van der Waals surface area (Å²) in [5, 5.41) is 18.9. The zero-order valence-corrected chi connectivity index (χ0v) is 21.5. The standard InChI is InChI=1S/C26H30N4O8/c1-5-36-20-11-16(7-9-18(20)31)13-27-30-22(32)14-38-19-10-8-17(12-21(19)35-4)24-23(25(33)37-6-2)15(3)28-26(34)29-24/h7-13,24,31H,5-6,14H2,1-4H3,(H,30,32)(H2,28,29,34)/b27-13-/t24-/m0/s1. The normalized spacial score (nSPS) is 14.9. The molecule has 0 saturated carbocycles. The zero-order chi connectivity index (χ0) is 27.7. The number of allylic oxidation sites excluding steroid dienone is 1. The molecule has 3 rings (SSSR count). The average Bonchev–Trinajstić information content (AvgIpc) is 2.89. The van der Waals surface area contributed by atoms with Gasteiger partial charge in [-0.25, -0.2) is 15.0 Å². The van der Waals surface area contributed by atoms with Crippen molar-refractivity contribution in [1.82, 2.24) is 16.1 Å². The molecular weight excluding hydrogens is 496 g/mol. The smallest absolute Gasteiger partial charge is 0.338 e. The van der Waals surface area contributed by atoms with Gasteiger partial charge in [-0.1, -0.05) is 6.07 Å². The van der Waals surface area contributed by atoms with Crippen molar-refractivity contribution in [3.8, 4) is 23.0 Å². The summed E-state index contributed by atoms with van der Waals surface area (Å²) < 4.78 is 21.5. The molecule has 0 aliphatic carbocycles. The second-order valence-electron chi connectivity index (χ2n) is 7.94. The van der Waals surface area contributed by atoms with Gasteiger partial charge in [-0.2, -0.15) is 5.10 Å². The summed E-state index contributed by atoms with van der Waals surface area (Å²) >= 11 is 0. The number of nitrogens with one attached hydrogen (secondary N) is 3. The van der Waals surface area contributed by atoms with Crippen molar-refractivity contribution in [2.24, 2.45) is 5.10 Å². The lowest BCUT2D eigenvalue weighted by atomic mass is 9.95. The number of urea groups is 1. The molecule has 0 unspecified atom stereocenters. The Balaban J connectivity index is 1.67. The van der Waals surface area contributed by atoms with E-state index in [1.807, 2.05) is 0 Å². The van der Waals surface area contributed by atoms with Crippen molar-refractivity contribution in [2.45, 2.75) is 26.8 Å². The molecule has 1 aliphatic rings. The predicted molar refractivity (Wildman–Crippen MR) is 137 cm³/mol. The number of hydrazone groups is 1. The van der Waals surface area contributed by atoms with Crippen molar-refractivity contribution >= 4 is 24.1 Å². The van der Waals surface area contributed by atoms with Crippen molar-refractivity contribution in [3.05, 3.63) is 58.8 Å². The first-order valence-corrected chi connectivity index (χ1v) is 11.8. The van der Waals surface area contributed by atoms with Crippen molar-refractivity contribution in [2.75, 3.05) is 26.9 Å². The quantitative estimate of drug-likeness (QED) is 0.198. The Labute approximate surface area is 219 Å². The number of esters is 1. The van der Waals surface area contributed by atoms with Crippen LogP contribution in [0.1, 0.15) is 37.9 Å². The maximum atomic E-state index is 12.5. The van der Waals surface area contributed by atoms with Gasteiger partial charge >= 0.3 is 12.0 Å². The molecule has 0 aromatic heterocycles. The lowest BCUT2D eigenvalue weighted by molar-refractivity contribution is -0.139. The number of aromatic hydroxyl groups is 1. The van der Waals surface area contributed by atoms with E-state index in [4.69, 9.17) is 18.9 Å². The molecule has 1 heterocycles. The minimum Gasteiger partial charge on any atom is -0.504 e. The van der Waals surface area contributed by atoms with Crippen LogP contribution >= 0.6 is 0 Å². The molecule has 2 aromatic rings. The third-order valence-electron chi connectivity index (χ3n) is 5.33. The van der Waals surface area contributed by atoms with Gasteiger partial charge in [0.15, 0.2) is 29.6 Å². The number of rotatable bonds is 11. The van der Waals surface area contributed by atoms with Crippen molar-refractivity contribution in [1.29, 1.82) is 0 Å². The van der Waals surface area contributed by atoms with E-state index in [-0.39, 0.29) is 30.3 Å². The molecule has 0 fully saturated rings. The second-order valence-corrected chi connectivity index (χ2v) is 7.94. The average molecular weight is 527 g/mol. The third kappa shape index (κ3) is 6.93. The summed E-state index contributed by atoms with van der Waals surface area (Å²) in [5.74, 6) is -0.197. The summed E-state index contributed by atoms with van der Waals surface area (Å²) in [4.78, 5) is 36.8. The van der Waals surface area contributed by atoms with Gasteiger partial charge in [-0.15, -0.1) is 0 Å². The van der Waals surface area contributed by atoms with Gasteiger partial charge in [-0.3, -0.25) is 4.79 Å². The molecule has 0 bridgehead atoms. The molecule has 38 heavy (non-hydrogen) atoms. The largest absolute Gasteiger partial charge is 0.504 e. The molecule has 1 atom stereocenters. The third-order valence-corrected chi connectivity index (χ3v) is 5.33. The predicted octanol–water partition coefficient (Wildman–Crippen LogP) is 2.52. The summed E-state index contributed by atoms with van der Waals surface area (Å²) in [6.45, 7) is 5.33. The van der Waals surface area contributed by atoms with E-state index in [1.54, 1.807) is 51.1 Å². The van der Waals surface area contributed by atoms with Gasteiger partial charge in [0.1, 0.15) is 0 Å². The number of carbonyl (C=O) groups excluding carboxylic acids is 3. The Morgan fingerprint density at radius 3 is 2.58 bits per heavy atom. The van der Waals surface area contributed by atoms with E-state index in [2.05, 4.69) is 21.2 Å². The van der Waals surface area contributed by atoms with Gasteiger partial charge in [-0.05, 0) is 62.2 Å². The number of methoxy groups -OCH3 is 1. The van der Waals surface area contributed by atoms with Crippen LogP contribution in [0.4, 0.5) is 4.79 Å². The Hall–Kier alpha value is -4.74. The van der Waals surface area contributed by atoms with E-state index >= 15 is 0 Å². The maximum Gasteiger partial charge on any atom is 0.338 e. The Morgan fingerprint density at radius 2 is 1.87 bits per heavy atom. The highest BCUT2D eigenvalue weighted by molar-refractivity contribution is 5.95. The topological polar surface area (TPSA) is 157 Å². The highest BCUT2D eigenvalue weighted by atomic mass is 16.5. The first-order valence-electron chi connectivity index (χ1n) is 11.8. The van der Waals surface area contributed by atoms with Crippen LogP contribution < -0.4 is 30.3 Å². The number of carbonyl (C=O) groups is 3. The van der Waals surface area contributed by atoms with Crippen molar-refractivity contribution in [3.63, 3.8) is 0 Å². The molecule has 3 amide bonds. The number of ether oxygens (including phenoxy) is 4. The fourth-order valence-corrected chi connectivity index (χ4v) is 3.64. The summed E-state index contributed by atoms with van der Waals surface area (Å²) in [7, 11) is 1.43. The molecule has 0 spiro atoms. The van der Waals surface area contributed by atoms with E-state index in [9.17, 15) is 19.5 Å². The monoisotopic (exact) mass is 526 g/mol. The number of nitrogens with zero attached hydrogens (tertiary/aromatic N) is 1. The SMILES string of the molecule is CCOC(=O)C1=C(C)NC(=O)N[C@H]1c1ccc(OCC(=O)N/N=C\c2ccc(O)c(OCC)c2)c(OC)c1. The molecule has 2 aromatic carbocycles. The van der Waals surface area contributed by atoms with Gasteiger partial charge in [0.25, 0.3) is 5.91 Å². The van der Waals surface area contributed by atoms with Crippen molar-refractivity contribution < 1.29 is 38.4 Å². The Bertz CT molecular complexity index is 1260. The van der Waals surface area contributed by atoms with Crippen LogP contribution in [0.2, 0.25) is 0 Å². The number of amides is 3. The fraction of sp³-hybridized carbons (Fsp3) is 0.308. The van der Waals surface area contributed by atoms with E-state index in [0.717, 1.165) is 0 Å². The highest BCUT2D eigenvalue weighted by Crippen LogP contribution is 2.34. The summed E-state index contributed by atoms with van der Waals surface area (Å²) in [6.07, 6.45) is 1.40. The van der Waals surface area contributed by atoms with E-state index in [1.165, 1.54) is 19.4 Å². The van der Waals surface area contributed by atoms with Crippen LogP contribution in [0, 0.1) is 0 Å². The molecule has 0 saturated heterocycles. The first-order chi connectivity index (χ1) is 18.3. The zero-order valence-electron chi connectivity index (χ0n) is 21.5. The molecule has 202 valence electrons. The molecule has 12 heteroatoms. The number of benzene rings is 2. The van der Waals surface area contributed by atoms with Crippen LogP contribution in [0.25, 0.3) is 0 Å². The molecule has 0 radical (unpaired) electrons. The molecule has 12 nitrogen and oxygen atoms in total. The summed E-state index contributed by atoms with van der Waals surface area (Å²) in [5.41, 5.74) is 4.18. The molecule has 4 N–H and O–H groups in total. The maximum absolute atomic E-state index is 12.5. The molecule has 1 aliphatic heterocycles. The second kappa shape index (κ2) is 13.0. The van der Waals surface area contributed by atoms with Crippen LogP contribution in [0.5, 0.6) is 23.0 Å². The van der Waals surface area contributed by atoms with Crippen LogP contribution in [0.3, 0.4) is 0 Å². The number of hydrogen-bond acceptors (Lipinski definition) is 9. The number of hydrogen-bond donors (Lipinski definition) is 4. The minimum atomic E-state index is -0.772. The van der Waals surface area contributed by atoms with Gasteiger partial charge < -0.3 is 34.7 Å². The first kappa shape index (κ1) is 27.8. The summed E-state index contributed by atoms with van der Waals surface area (Å²) in [6, 6.07) is 8.27. The minimum absolute atomic E-state index is 0.00667. The Kier molecular flexibility index (Phi) is 9.52. The van der Waals surface area contributed by atoms with Crippen LogP contribution in [-0.2, 0) is 14.3 Å². The Morgan fingerprint density at radius 1 is 1.08 bits per heavy atom. The van der Waals surface area contributed by atoms with E-state index < -0.39 is 23.9 Å². The van der Waals surface area contributed by atoms with E-state index in [0.29, 0.717) is 34.9 Å².